The lowest BCUT2D eigenvalue weighted by molar-refractivity contribution is -0.161. The van der Waals surface area contributed by atoms with Crippen molar-refractivity contribution in [3.8, 4) is 0 Å². The highest BCUT2D eigenvalue weighted by Gasteiger charge is 2.23. The Balaban J connectivity index is 1.62. The number of carbonyl (C=O) groups is 1. The third-order valence-electron chi connectivity index (χ3n) is 4.43. The first-order chi connectivity index (χ1) is 13.8. The van der Waals surface area contributed by atoms with Crippen LogP contribution in [0.4, 0.5) is 11.4 Å². The molecule has 7 heteroatoms. The summed E-state index contributed by atoms with van der Waals surface area (Å²) in [5, 5.41) is 4.59. The van der Waals surface area contributed by atoms with Crippen LogP contribution in [0.2, 0.25) is 5.15 Å². The zero-order valence-electron chi connectivity index (χ0n) is 16.8. The molecule has 29 heavy (non-hydrogen) atoms. The molecule has 0 fully saturated rings. The van der Waals surface area contributed by atoms with Crippen LogP contribution < -0.4 is 16.5 Å². The number of para-hydroxylation sites is 1. The van der Waals surface area contributed by atoms with E-state index in [9.17, 15) is 4.79 Å². The number of pyridine rings is 1. The summed E-state index contributed by atoms with van der Waals surface area (Å²) in [5.74, 6) is -0.292. The van der Waals surface area contributed by atoms with Crippen LogP contribution in [0.15, 0.2) is 48.5 Å². The number of hydrogen-bond acceptors (Lipinski definition) is 6. The highest BCUT2D eigenvalue weighted by atomic mass is 35.5. The summed E-state index contributed by atoms with van der Waals surface area (Å²) in [6.07, 6.45) is 0. The second kappa shape index (κ2) is 8.68. The molecule has 4 N–H and O–H groups in total. The zero-order valence-corrected chi connectivity index (χ0v) is 17.5. The van der Waals surface area contributed by atoms with Gasteiger partial charge in [0.05, 0.1) is 28.9 Å². The number of hydrogen-bond donors (Lipinski definition) is 3. The Kier molecular flexibility index (Phi) is 6.25. The van der Waals surface area contributed by atoms with Crippen LogP contribution in [0.25, 0.3) is 10.9 Å². The second-order valence-electron chi connectivity index (χ2n) is 7.84. The molecule has 152 valence electrons. The predicted octanol–water partition coefficient (Wildman–Crippen LogP) is 4.68. The summed E-state index contributed by atoms with van der Waals surface area (Å²) < 4.78 is 0. The van der Waals surface area contributed by atoms with Crippen molar-refractivity contribution in [1.29, 1.82) is 0 Å². The monoisotopic (exact) mass is 412 g/mol. The van der Waals surface area contributed by atoms with Gasteiger partial charge < -0.3 is 15.9 Å². The van der Waals surface area contributed by atoms with Gasteiger partial charge in [-0.25, -0.2) is 9.78 Å². The van der Waals surface area contributed by atoms with Crippen molar-refractivity contribution in [1.82, 2.24) is 10.5 Å². The Bertz CT molecular complexity index is 1010. The van der Waals surface area contributed by atoms with E-state index < -0.39 is 5.41 Å². The molecule has 1 aromatic heterocycles. The average Bonchev–Trinajstić information content (AvgIpc) is 2.68. The second-order valence-corrected chi connectivity index (χ2v) is 8.20. The molecule has 0 unspecified atom stereocenters. The van der Waals surface area contributed by atoms with E-state index in [-0.39, 0.29) is 11.1 Å². The molecule has 0 aliphatic carbocycles. The average molecular weight is 413 g/mol. The minimum Gasteiger partial charge on any atom is -0.395 e. The lowest BCUT2D eigenvalue weighted by Crippen LogP contribution is -2.29. The van der Waals surface area contributed by atoms with Crippen molar-refractivity contribution >= 4 is 39.8 Å². The van der Waals surface area contributed by atoms with Crippen LogP contribution in [0, 0.1) is 5.41 Å². The number of nitrogen functional groups attached to an aromatic ring is 1. The summed E-state index contributed by atoms with van der Waals surface area (Å²) in [6.45, 7) is 6.45. The Morgan fingerprint density at radius 2 is 1.69 bits per heavy atom. The van der Waals surface area contributed by atoms with E-state index in [1.54, 1.807) is 0 Å². The lowest BCUT2D eigenvalue weighted by Gasteiger charge is -2.16. The molecule has 0 saturated carbocycles. The van der Waals surface area contributed by atoms with Gasteiger partial charge in [-0.2, -0.15) is 0 Å². The summed E-state index contributed by atoms with van der Waals surface area (Å²) in [4.78, 5) is 21.2. The number of carbonyl (C=O) groups excluding carboxylic acids is 1. The van der Waals surface area contributed by atoms with Gasteiger partial charge in [0, 0.05) is 11.9 Å². The number of nitrogens with one attached hydrogen (secondary N) is 2. The van der Waals surface area contributed by atoms with Crippen molar-refractivity contribution in [2.75, 3.05) is 11.1 Å². The Hall–Kier alpha value is -2.83. The molecule has 6 nitrogen and oxygen atoms in total. The zero-order chi connectivity index (χ0) is 21.0. The standard InChI is InChI=1S/C22H25ClN4O2/c1-22(2,3)21(28)29-26-13-15-10-8-14(9-11-15)12-25-19-16-6-4-5-7-17(16)27-20(23)18(19)24/h4-11,26H,12-13,24H2,1-3H3,(H,25,27). The first kappa shape index (κ1) is 20.9. The molecule has 3 aromatic rings. The molecule has 0 bridgehead atoms. The number of hydroxylamine groups is 1. The minimum atomic E-state index is -0.537. The van der Waals surface area contributed by atoms with E-state index in [1.165, 1.54) is 0 Å². The maximum absolute atomic E-state index is 11.8. The van der Waals surface area contributed by atoms with Crippen molar-refractivity contribution in [3.05, 3.63) is 64.8 Å². The van der Waals surface area contributed by atoms with Crippen LogP contribution >= 0.6 is 11.6 Å². The smallest absolute Gasteiger partial charge is 0.329 e. The number of aromatic nitrogens is 1. The van der Waals surface area contributed by atoms with Crippen molar-refractivity contribution in [2.24, 2.45) is 5.41 Å². The Morgan fingerprint density at radius 1 is 1.07 bits per heavy atom. The van der Waals surface area contributed by atoms with Crippen LogP contribution in [0.5, 0.6) is 0 Å². The topological polar surface area (TPSA) is 89.3 Å². The maximum Gasteiger partial charge on any atom is 0.329 e. The Labute approximate surface area is 175 Å². The number of rotatable bonds is 6. The molecule has 3 rings (SSSR count). The van der Waals surface area contributed by atoms with Crippen LogP contribution in [0.3, 0.4) is 0 Å². The summed E-state index contributed by atoms with van der Waals surface area (Å²) in [5.41, 5.74) is 12.4. The normalized spacial score (nSPS) is 11.4. The van der Waals surface area contributed by atoms with Crippen LogP contribution in [-0.4, -0.2) is 11.0 Å². The molecule has 0 saturated heterocycles. The number of fused-ring (bicyclic) bond motifs is 1. The van der Waals surface area contributed by atoms with E-state index in [0.29, 0.717) is 18.8 Å². The van der Waals surface area contributed by atoms with E-state index in [1.807, 2.05) is 69.3 Å². The number of nitrogens with zero attached hydrogens (tertiary/aromatic N) is 1. The van der Waals surface area contributed by atoms with Crippen LogP contribution in [0.1, 0.15) is 31.9 Å². The molecule has 0 aliphatic rings. The number of anilines is 2. The molecule has 0 spiro atoms. The van der Waals surface area contributed by atoms with Gasteiger partial charge >= 0.3 is 5.97 Å². The highest BCUT2D eigenvalue weighted by Crippen LogP contribution is 2.33. The van der Waals surface area contributed by atoms with Gasteiger partial charge in [-0.3, -0.25) is 0 Å². The fourth-order valence-corrected chi connectivity index (χ4v) is 2.88. The van der Waals surface area contributed by atoms with E-state index in [0.717, 1.165) is 27.7 Å². The van der Waals surface area contributed by atoms with E-state index in [2.05, 4.69) is 15.8 Å². The summed E-state index contributed by atoms with van der Waals surface area (Å²) in [7, 11) is 0. The van der Waals surface area contributed by atoms with Gasteiger partial charge in [-0.1, -0.05) is 54.1 Å². The molecule has 0 amide bonds. The number of benzene rings is 2. The van der Waals surface area contributed by atoms with Gasteiger partial charge in [0.2, 0.25) is 0 Å². The molecule has 0 atom stereocenters. The van der Waals surface area contributed by atoms with Gasteiger partial charge in [-0.15, -0.1) is 5.48 Å². The predicted molar refractivity (Wildman–Crippen MR) is 117 cm³/mol. The molecular weight excluding hydrogens is 388 g/mol. The SMILES string of the molecule is CC(C)(C)C(=O)ONCc1ccc(CNc2c(N)c(Cl)nc3ccccc23)cc1. The third-order valence-corrected chi connectivity index (χ3v) is 4.72. The third kappa shape index (κ3) is 5.16. The lowest BCUT2D eigenvalue weighted by atomic mass is 9.98. The van der Waals surface area contributed by atoms with Gasteiger partial charge in [-0.05, 0) is 38.0 Å². The van der Waals surface area contributed by atoms with E-state index in [4.69, 9.17) is 22.2 Å². The first-order valence-corrected chi connectivity index (χ1v) is 9.73. The van der Waals surface area contributed by atoms with Gasteiger partial charge in [0.1, 0.15) is 0 Å². The van der Waals surface area contributed by atoms with E-state index >= 15 is 0 Å². The highest BCUT2D eigenvalue weighted by molar-refractivity contribution is 6.33. The molecule has 0 aliphatic heterocycles. The number of nitrogens with two attached hydrogens (primary N) is 1. The van der Waals surface area contributed by atoms with Crippen molar-refractivity contribution in [2.45, 2.75) is 33.9 Å². The van der Waals surface area contributed by atoms with Crippen LogP contribution in [-0.2, 0) is 22.7 Å². The molecular formula is C22H25ClN4O2. The number of halogens is 1. The fraction of sp³-hybridized carbons (Fsp3) is 0.273. The van der Waals surface area contributed by atoms with Gasteiger partial charge in [0.25, 0.3) is 0 Å². The van der Waals surface area contributed by atoms with Crippen molar-refractivity contribution in [3.63, 3.8) is 0 Å². The summed E-state index contributed by atoms with van der Waals surface area (Å²) in [6, 6.07) is 15.7. The largest absolute Gasteiger partial charge is 0.395 e. The fourth-order valence-electron chi connectivity index (χ4n) is 2.69. The molecule has 1 heterocycles. The first-order valence-electron chi connectivity index (χ1n) is 9.35. The maximum atomic E-state index is 11.8. The molecule has 0 radical (unpaired) electrons. The Morgan fingerprint density at radius 3 is 2.34 bits per heavy atom. The molecule has 2 aromatic carbocycles. The minimum absolute atomic E-state index is 0.289. The van der Waals surface area contributed by atoms with Crippen molar-refractivity contribution < 1.29 is 9.63 Å². The summed E-state index contributed by atoms with van der Waals surface area (Å²) >= 11 is 6.18. The van der Waals surface area contributed by atoms with Gasteiger partial charge in [0.15, 0.2) is 5.15 Å². The quantitative estimate of drug-likeness (QED) is 0.402.